The van der Waals surface area contributed by atoms with Crippen LogP contribution in [-0.2, 0) is 4.79 Å². The summed E-state index contributed by atoms with van der Waals surface area (Å²) < 4.78 is 1.69. The first-order chi connectivity index (χ1) is 13.4. The third-order valence-corrected chi connectivity index (χ3v) is 4.74. The third-order valence-electron chi connectivity index (χ3n) is 4.74. The van der Waals surface area contributed by atoms with Crippen LogP contribution in [0.2, 0.25) is 0 Å². The molecule has 0 unspecified atom stereocenters. The number of benzene rings is 2. The summed E-state index contributed by atoms with van der Waals surface area (Å²) in [6, 6.07) is 17.0. The van der Waals surface area contributed by atoms with E-state index in [1.54, 1.807) is 24.6 Å². The average Bonchev–Trinajstić information content (AvgIpc) is 3.01. The zero-order valence-electron chi connectivity index (χ0n) is 16.6. The molecule has 2 aromatic carbocycles. The molecule has 0 saturated carbocycles. The molecule has 0 radical (unpaired) electrons. The predicted octanol–water partition coefficient (Wildman–Crippen LogP) is 3.77. The highest BCUT2D eigenvalue weighted by Gasteiger charge is 2.25. The van der Waals surface area contributed by atoms with Gasteiger partial charge in [-0.15, -0.1) is 0 Å². The number of carbonyl (C=O) groups excluding carboxylic acids is 2. The molecule has 0 bridgehead atoms. The number of hydrogen-bond donors (Lipinski definition) is 1. The van der Waals surface area contributed by atoms with Crippen molar-refractivity contribution in [3.05, 3.63) is 71.5 Å². The summed E-state index contributed by atoms with van der Waals surface area (Å²) in [6.45, 7) is 6.42. The minimum atomic E-state index is -0.671. The van der Waals surface area contributed by atoms with E-state index in [1.807, 2.05) is 62.5 Å². The van der Waals surface area contributed by atoms with Crippen LogP contribution < -0.4 is 10.2 Å². The number of para-hydroxylation sites is 1. The monoisotopic (exact) mass is 376 g/mol. The lowest BCUT2D eigenvalue weighted by Gasteiger charge is -2.17. The number of aryl methyl sites for hydroxylation is 1. The Morgan fingerprint density at radius 1 is 1.07 bits per heavy atom. The highest BCUT2D eigenvalue weighted by Crippen LogP contribution is 2.21. The number of aromatic nitrogens is 2. The van der Waals surface area contributed by atoms with Gasteiger partial charge >= 0.3 is 0 Å². The molecule has 1 N–H and O–H groups in total. The Hall–Kier alpha value is -3.41. The Balaban J connectivity index is 1.85. The van der Waals surface area contributed by atoms with Gasteiger partial charge in [0.15, 0.2) is 0 Å². The molecule has 28 heavy (non-hydrogen) atoms. The van der Waals surface area contributed by atoms with Crippen molar-refractivity contribution in [1.29, 1.82) is 0 Å². The number of anilines is 2. The first kappa shape index (κ1) is 19.4. The zero-order chi connectivity index (χ0) is 20.3. The summed E-state index contributed by atoms with van der Waals surface area (Å²) in [4.78, 5) is 27.5. The summed E-state index contributed by atoms with van der Waals surface area (Å²) in [5.41, 5.74) is 3.91. The fourth-order valence-corrected chi connectivity index (χ4v) is 3.10. The van der Waals surface area contributed by atoms with Crippen LogP contribution in [0.15, 0.2) is 54.6 Å². The van der Waals surface area contributed by atoms with Crippen LogP contribution in [0, 0.1) is 13.8 Å². The van der Waals surface area contributed by atoms with Gasteiger partial charge in [0.1, 0.15) is 0 Å². The van der Waals surface area contributed by atoms with Crippen molar-refractivity contribution in [2.24, 2.45) is 0 Å². The van der Waals surface area contributed by atoms with Crippen LogP contribution in [-0.4, -0.2) is 35.1 Å². The minimum Gasteiger partial charge on any atom is -0.375 e. The average molecular weight is 376 g/mol. The number of amides is 1. The largest absolute Gasteiger partial charge is 0.375 e. The third kappa shape index (κ3) is 3.81. The van der Waals surface area contributed by atoms with Crippen LogP contribution in [0.1, 0.15) is 28.7 Å². The van der Waals surface area contributed by atoms with Gasteiger partial charge < -0.3 is 10.2 Å². The van der Waals surface area contributed by atoms with Gasteiger partial charge in [0.25, 0.3) is 11.7 Å². The lowest BCUT2D eigenvalue weighted by molar-refractivity contribution is -0.112. The SMILES string of the molecule is CCN(C)c1cccc(NC(=O)C(=O)c2c(C)nn(-c3ccccc3)c2C)c1. The van der Waals surface area contributed by atoms with E-state index in [9.17, 15) is 9.59 Å². The van der Waals surface area contributed by atoms with E-state index in [0.717, 1.165) is 17.9 Å². The van der Waals surface area contributed by atoms with Crippen molar-refractivity contribution in [2.45, 2.75) is 20.8 Å². The second kappa shape index (κ2) is 8.08. The molecule has 0 spiro atoms. The number of hydrogen-bond acceptors (Lipinski definition) is 4. The molecule has 144 valence electrons. The van der Waals surface area contributed by atoms with Crippen molar-refractivity contribution in [2.75, 3.05) is 23.8 Å². The minimum absolute atomic E-state index is 0.336. The zero-order valence-corrected chi connectivity index (χ0v) is 16.6. The highest BCUT2D eigenvalue weighted by molar-refractivity contribution is 6.47. The Kier molecular flexibility index (Phi) is 5.59. The summed E-state index contributed by atoms with van der Waals surface area (Å²) in [5, 5.41) is 7.16. The topological polar surface area (TPSA) is 67.2 Å². The number of Topliss-reactive ketones (excluding diaryl/α,β-unsaturated/α-hetero) is 1. The van der Waals surface area contributed by atoms with E-state index in [2.05, 4.69) is 15.3 Å². The van der Waals surface area contributed by atoms with Gasteiger partial charge in [0.2, 0.25) is 0 Å². The molecule has 3 aromatic rings. The van der Waals surface area contributed by atoms with Crippen molar-refractivity contribution < 1.29 is 9.59 Å². The predicted molar refractivity (Wildman–Crippen MR) is 111 cm³/mol. The van der Waals surface area contributed by atoms with E-state index < -0.39 is 11.7 Å². The van der Waals surface area contributed by atoms with Gasteiger partial charge in [-0.2, -0.15) is 5.10 Å². The maximum Gasteiger partial charge on any atom is 0.296 e. The number of nitrogens with one attached hydrogen (secondary N) is 1. The molecule has 6 nitrogen and oxygen atoms in total. The molecule has 0 atom stereocenters. The van der Waals surface area contributed by atoms with Crippen molar-refractivity contribution in [3.8, 4) is 5.69 Å². The lowest BCUT2D eigenvalue weighted by atomic mass is 10.1. The fraction of sp³-hybridized carbons (Fsp3) is 0.227. The molecular formula is C22H24N4O2. The van der Waals surface area contributed by atoms with E-state index >= 15 is 0 Å². The van der Waals surface area contributed by atoms with E-state index in [4.69, 9.17) is 0 Å². The Labute approximate surface area is 164 Å². The van der Waals surface area contributed by atoms with Crippen LogP contribution in [0.4, 0.5) is 11.4 Å². The van der Waals surface area contributed by atoms with Crippen LogP contribution in [0.3, 0.4) is 0 Å². The molecule has 0 aliphatic rings. The molecule has 0 aliphatic heterocycles. The highest BCUT2D eigenvalue weighted by atomic mass is 16.2. The molecular weight excluding hydrogens is 352 g/mol. The van der Waals surface area contributed by atoms with Crippen molar-refractivity contribution in [1.82, 2.24) is 9.78 Å². The first-order valence-electron chi connectivity index (χ1n) is 9.21. The maximum atomic E-state index is 12.8. The van der Waals surface area contributed by atoms with Gasteiger partial charge in [-0.25, -0.2) is 4.68 Å². The Bertz CT molecular complexity index is 1010. The van der Waals surface area contributed by atoms with Gasteiger partial charge in [0, 0.05) is 25.0 Å². The fourth-order valence-electron chi connectivity index (χ4n) is 3.10. The lowest BCUT2D eigenvalue weighted by Crippen LogP contribution is -2.24. The van der Waals surface area contributed by atoms with E-state index in [0.29, 0.717) is 22.6 Å². The second-order valence-electron chi connectivity index (χ2n) is 6.64. The summed E-state index contributed by atoms with van der Waals surface area (Å²) in [6.07, 6.45) is 0. The van der Waals surface area contributed by atoms with Crippen LogP contribution in [0.5, 0.6) is 0 Å². The number of carbonyl (C=O) groups is 2. The van der Waals surface area contributed by atoms with Gasteiger partial charge in [-0.05, 0) is 51.1 Å². The summed E-state index contributed by atoms with van der Waals surface area (Å²) in [7, 11) is 1.97. The molecule has 1 aromatic heterocycles. The molecule has 0 aliphatic carbocycles. The standard InChI is InChI=1S/C22H24N4O2/c1-5-25(4)19-13-9-10-17(14-19)23-22(28)21(27)20-15(2)24-26(16(20)3)18-11-7-6-8-12-18/h6-14H,5H2,1-4H3,(H,23,28). The molecule has 0 fully saturated rings. The Morgan fingerprint density at radius 3 is 2.46 bits per heavy atom. The van der Waals surface area contributed by atoms with Crippen LogP contribution >= 0.6 is 0 Å². The van der Waals surface area contributed by atoms with Gasteiger partial charge in [0.05, 0.1) is 22.6 Å². The molecule has 3 rings (SSSR count). The molecule has 6 heteroatoms. The molecule has 1 amide bonds. The van der Waals surface area contributed by atoms with Crippen LogP contribution in [0.25, 0.3) is 5.69 Å². The number of ketones is 1. The van der Waals surface area contributed by atoms with Gasteiger partial charge in [-0.1, -0.05) is 24.3 Å². The first-order valence-corrected chi connectivity index (χ1v) is 9.21. The van der Waals surface area contributed by atoms with Crippen molar-refractivity contribution >= 4 is 23.1 Å². The molecule has 0 saturated heterocycles. The van der Waals surface area contributed by atoms with Crippen molar-refractivity contribution in [3.63, 3.8) is 0 Å². The summed E-state index contributed by atoms with van der Waals surface area (Å²) in [5.74, 6) is -1.26. The van der Waals surface area contributed by atoms with E-state index in [-0.39, 0.29) is 0 Å². The number of rotatable bonds is 6. The smallest absolute Gasteiger partial charge is 0.296 e. The van der Waals surface area contributed by atoms with Gasteiger partial charge in [-0.3, -0.25) is 9.59 Å². The molecule has 1 heterocycles. The number of nitrogens with zero attached hydrogens (tertiary/aromatic N) is 3. The summed E-state index contributed by atoms with van der Waals surface area (Å²) >= 11 is 0. The van der Waals surface area contributed by atoms with E-state index in [1.165, 1.54) is 0 Å². The second-order valence-corrected chi connectivity index (χ2v) is 6.64. The quantitative estimate of drug-likeness (QED) is 0.525. The Morgan fingerprint density at radius 2 is 1.79 bits per heavy atom. The maximum absolute atomic E-state index is 12.8. The normalized spacial score (nSPS) is 10.6.